The molecule has 0 aliphatic heterocycles. The molecule has 2 aromatic heterocycles. The van der Waals surface area contributed by atoms with Crippen LogP contribution in [0.4, 0.5) is 11.4 Å². The Balaban J connectivity index is 1.58. The smallest absolute Gasteiger partial charge is 0.266 e. The molecule has 2 aromatic carbocycles. The third kappa shape index (κ3) is 4.84. The third-order valence-corrected chi connectivity index (χ3v) is 7.21. The number of benzene rings is 2. The Morgan fingerprint density at radius 3 is 2.50 bits per heavy atom. The van der Waals surface area contributed by atoms with Gasteiger partial charge in [-0.1, -0.05) is 40.9 Å². The number of amides is 2. The molecule has 7 nitrogen and oxygen atoms in total. The Morgan fingerprint density at radius 2 is 1.79 bits per heavy atom. The molecule has 4 rings (SSSR count). The normalized spacial score (nSPS) is 11.0. The molecule has 174 valence electrons. The molecule has 0 saturated heterocycles. The first-order valence-electron chi connectivity index (χ1n) is 10.3. The number of aromatic nitrogens is 2. The van der Waals surface area contributed by atoms with Gasteiger partial charge in [0, 0.05) is 11.4 Å². The predicted octanol–water partition coefficient (Wildman–Crippen LogP) is 5.58. The van der Waals surface area contributed by atoms with Gasteiger partial charge >= 0.3 is 0 Å². The van der Waals surface area contributed by atoms with Crippen molar-refractivity contribution in [2.75, 3.05) is 10.6 Å². The first-order valence-corrected chi connectivity index (χ1v) is 11.8. The molecular weight excluding hydrogens is 495 g/mol. The van der Waals surface area contributed by atoms with Gasteiger partial charge in [-0.15, -0.1) is 11.3 Å². The molecule has 0 saturated carbocycles. The lowest BCUT2D eigenvalue weighted by molar-refractivity contribution is -0.116. The van der Waals surface area contributed by atoms with Crippen LogP contribution in [-0.4, -0.2) is 21.4 Å². The molecule has 0 bridgehead atoms. The first-order chi connectivity index (χ1) is 16.1. The SMILES string of the molecule is Cc1ccc(NC(=O)c2sc3ncn(CC(=O)Nc4ccc(Cl)c(Cl)c4)c(=O)c3c2C)c(C)c1. The molecule has 4 aromatic rings. The Hall–Kier alpha value is -3.20. The number of rotatable bonds is 5. The van der Waals surface area contributed by atoms with E-state index in [-0.39, 0.29) is 12.5 Å². The standard InChI is InChI=1S/C24H20Cl2N4O3S/c1-12-4-7-18(13(2)8-12)29-22(32)21-14(3)20-23(34-21)27-11-30(24(20)33)10-19(31)28-15-5-6-16(25)17(26)9-15/h4-9,11H,10H2,1-3H3,(H,28,31)(H,29,32). The van der Waals surface area contributed by atoms with Gasteiger partial charge in [-0.25, -0.2) is 4.98 Å². The van der Waals surface area contributed by atoms with Gasteiger partial charge in [0.2, 0.25) is 5.91 Å². The van der Waals surface area contributed by atoms with Crippen LogP contribution >= 0.6 is 34.5 Å². The number of fused-ring (bicyclic) bond motifs is 1. The first kappa shape index (κ1) is 23.9. The van der Waals surface area contributed by atoms with Gasteiger partial charge < -0.3 is 10.6 Å². The van der Waals surface area contributed by atoms with Gasteiger partial charge in [-0.2, -0.15) is 0 Å². The molecule has 2 N–H and O–H groups in total. The fourth-order valence-corrected chi connectivity index (χ4v) is 4.88. The molecule has 2 amide bonds. The molecule has 0 unspecified atom stereocenters. The topological polar surface area (TPSA) is 93.1 Å². The largest absolute Gasteiger partial charge is 0.324 e. The van der Waals surface area contributed by atoms with Crippen molar-refractivity contribution in [2.45, 2.75) is 27.3 Å². The van der Waals surface area contributed by atoms with E-state index >= 15 is 0 Å². The highest BCUT2D eigenvalue weighted by molar-refractivity contribution is 7.20. The number of halogens is 2. The molecule has 0 aliphatic rings. The van der Waals surface area contributed by atoms with Crippen LogP contribution in [0.25, 0.3) is 10.2 Å². The summed E-state index contributed by atoms with van der Waals surface area (Å²) in [6.07, 6.45) is 1.31. The van der Waals surface area contributed by atoms with Crippen LogP contribution in [0, 0.1) is 20.8 Å². The summed E-state index contributed by atoms with van der Waals surface area (Å²) in [5, 5.41) is 6.58. The van der Waals surface area contributed by atoms with Gasteiger partial charge in [0.25, 0.3) is 11.5 Å². The molecular formula is C24H20Cl2N4O3S. The highest BCUT2D eigenvalue weighted by Gasteiger charge is 2.20. The lowest BCUT2D eigenvalue weighted by Gasteiger charge is -2.09. The summed E-state index contributed by atoms with van der Waals surface area (Å²) in [4.78, 5) is 43.7. The van der Waals surface area contributed by atoms with E-state index in [0.717, 1.165) is 22.5 Å². The monoisotopic (exact) mass is 514 g/mol. The summed E-state index contributed by atoms with van der Waals surface area (Å²) < 4.78 is 1.21. The zero-order valence-electron chi connectivity index (χ0n) is 18.5. The Morgan fingerprint density at radius 1 is 1.03 bits per heavy atom. The van der Waals surface area contributed by atoms with Crippen LogP contribution in [0.5, 0.6) is 0 Å². The van der Waals surface area contributed by atoms with E-state index in [9.17, 15) is 14.4 Å². The van der Waals surface area contributed by atoms with Crippen LogP contribution in [0.15, 0.2) is 47.5 Å². The van der Waals surface area contributed by atoms with E-state index in [4.69, 9.17) is 23.2 Å². The van der Waals surface area contributed by atoms with E-state index in [2.05, 4.69) is 15.6 Å². The van der Waals surface area contributed by atoms with Gasteiger partial charge in [-0.05, 0) is 56.2 Å². The molecule has 34 heavy (non-hydrogen) atoms. The third-order valence-electron chi connectivity index (χ3n) is 5.27. The predicted molar refractivity (Wildman–Crippen MR) is 138 cm³/mol. The number of thiophene rings is 1. The lowest BCUT2D eigenvalue weighted by Crippen LogP contribution is -2.28. The van der Waals surface area contributed by atoms with E-state index in [1.165, 1.54) is 17.0 Å². The molecule has 0 fully saturated rings. The number of hydrogen-bond acceptors (Lipinski definition) is 5. The maximum atomic E-state index is 13.1. The molecule has 0 atom stereocenters. The van der Waals surface area contributed by atoms with Crippen LogP contribution in [0.1, 0.15) is 26.4 Å². The van der Waals surface area contributed by atoms with Gasteiger partial charge in [0.15, 0.2) is 0 Å². The minimum Gasteiger partial charge on any atom is -0.324 e. The van der Waals surface area contributed by atoms with Crippen molar-refractivity contribution in [1.29, 1.82) is 0 Å². The number of nitrogens with one attached hydrogen (secondary N) is 2. The minimum absolute atomic E-state index is 0.249. The van der Waals surface area contributed by atoms with Crippen molar-refractivity contribution in [1.82, 2.24) is 9.55 Å². The fraction of sp³-hybridized carbons (Fsp3) is 0.167. The number of hydrogen-bond donors (Lipinski definition) is 2. The second kappa shape index (κ2) is 9.58. The summed E-state index contributed by atoms with van der Waals surface area (Å²) in [6, 6.07) is 10.5. The molecule has 10 heteroatoms. The number of nitrogens with zero attached hydrogens (tertiary/aromatic N) is 2. The van der Waals surface area contributed by atoms with Gasteiger partial charge in [0.1, 0.15) is 11.4 Å². The number of carbonyl (C=O) groups excluding carboxylic acids is 2. The van der Waals surface area contributed by atoms with Gasteiger partial charge in [-0.3, -0.25) is 19.0 Å². The summed E-state index contributed by atoms with van der Waals surface area (Å²) in [5.74, 6) is -0.738. The zero-order valence-corrected chi connectivity index (χ0v) is 20.9. The van der Waals surface area contributed by atoms with Crippen molar-refractivity contribution in [3.63, 3.8) is 0 Å². The molecule has 0 radical (unpaired) electrons. The number of carbonyl (C=O) groups is 2. The van der Waals surface area contributed by atoms with Crippen molar-refractivity contribution >= 4 is 67.9 Å². The Labute approximate surface area is 209 Å². The minimum atomic E-state index is -0.428. The van der Waals surface area contributed by atoms with Crippen LogP contribution in [-0.2, 0) is 11.3 Å². The second-order valence-electron chi connectivity index (χ2n) is 7.86. The number of aryl methyl sites for hydroxylation is 3. The quantitative estimate of drug-likeness (QED) is 0.363. The summed E-state index contributed by atoms with van der Waals surface area (Å²) >= 11 is 13.0. The van der Waals surface area contributed by atoms with E-state index in [1.807, 2.05) is 32.0 Å². The lowest BCUT2D eigenvalue weighted by atomic mass is 10.1. The van der Waals surface area contributed by atoms with Crippen molar-refractivity contribution in [3.05, 3.63) is 84.7 Å². The summed E-state index contributed by atoms with van der Waals surface area (Å²) in [5.41, 5.74) is 3.34. The zero-order chi connectivity index (χ0) is 24.6. The van der Waals surface area contributed by atoms with Crippen molar-refractivity contribution in [2.24, 2.45) is 0 Å². The van der Waals surface area contributed by atoms with Crippen LogP contribution < -0.4 is 16.2 Å². The highest BCUT2D eigenvalue weighted by atomic mass is 35.5. The average molecular weight is 515 g/mol. The fourth-order valence-electron chi connectivity index (χ4n) is 3.55. The molecule has 2 heterocycles. The van der Waals surface area contributed by atoms with Crippen LogP contribution in [0.2, 0.25) is 10.0 Å². The maximum Gasteiger partial charge on any atom is 0.266 e. The average Bonchev–Trinajstić information content (AvgIpc) is 3.12. The molecule has 0 spiro atoms. The maximum absolute atomic E-state index is 13.1. The van der Waals surface area contributed by atoms with Crippen LogP contribution in [0.3, 0.4) is 0 Å². The number of anilines is 2. The summed E-state index contributed by atoms with van der Waals surface area (Å²) in [7, 11) is 0. The van der Waals surface area contributed by atoms with Gasteiger partial charge in [0.05, 0.1) is 26.6 Å². The van der Waals surface area contributed by atoms with E-state index < -0.39 is 11.5 Å². The van der Waals surface area contributed by atoms with Crippen molar-refractivity contribution in [3.8, 4) is 0 Å². The second-order valence-corrected chi connectivity index (χ2v) is 9.68. The Bertz CT molecular complexity index is 1510. The Kier molecular flexibility index (Phi) is 6.74. The van der Waals surface area contributed by atoms with E-state index in [0.29, 0.717) is 42.1 Å². The summed E-state index contributed by atoms with van der Waals surface area (Å²) in [6.45, 7) is 5.36. The highest BCUT2D eigenvalue weighted by Crippen LogP contribution is 2.28. The molecule has 0 aliphatic carbocycles. The van der Waals surface area contributed by atoms with E-state index in [1.54, 1.807) is 19.1 Å². The van der Waals surface area contributed by atoms with Crippen molar-refractivity contribution < 1.29 is 9.59 Å².